The number of thiophene rings is 1. The summed E-state index contributed by atoms with van der Waals surface area (Å²) in [7, 11) is 0. The minimum Gasteiger partial charge on any atom is -0.331 e. The zero-order valence-electron chi connectivity index (χ0n) is 15.0. The largest absolute Gasteiger partial charge is 0.331 e. The van der Waals surface area contributed by atoms with E-state index in [1.165, 1.54) is 0 Å². The maximum absolute atomic E-state index is 12.6. The number of pyridine rings is 1. The van der Waals surface area contributed by atoms with Gasteiger partial charge in [0, 0.05) is 34.4 Å². The summed E-state index contributed by atoms with van der Waals surface area (Å²) in [5.74, 6) is 0.543. The van der Waals surface area contributed by atoms with Gasteiger partial charge in [-0.25, -0.2) is 9.78 Å². The van der Waals surface area contributed by atoms with Crippen molar-refractivity contribution < 1.29 is 9.59 Å². The molecule has 0 aliphatic carbocycles. The first-order chi connectivity index (χ1) is 13.7. The molecule has 28 heavy (non-hydrogen) atoms. The van der Waals surface area contributed by atoms with Crippen molar-refractivity contribution >= 4 is 34.8 Å². The van der Waals surface area contributed by atoms with Crippen LogP contribution in [0.4, 0.5) is 16.3 Å². The van der Waals surface area contributed by atoms with Crippen LogP contribution in [0.5, 0.6) is 0 Å². The number of amides is 3. The Hall–Kier alpha value is -3.19. The van der Waals surface area contributed by atoms with Crippen molar-refractivity contribution in [2.75, 3.05) is 17.2 Å². The maximum atomic E-state index is 12.6. The summed E-state index contributed by atoms with van der Waals surface area (Å²) < 4.78 is 0. The molecule has 140 valence electrons. The van der Waals surface area contributed by atoms with Gasteiger partial charge in [-0.1, -0.05) is 12.1 Å². The average molecular weight is 390 g/mol. The van der Waals surface area contributed by atoms with E-state index in [9.17, 15) is 9.59 Å². The first kappa shape index (κ1) is 16.9. The molecule has 2 aliphatic heterocycles. The van der Waals surface area contributed by atoms with Crippen LogP contribution in [0.3, 0.4) is 0 Å². The van der Waals surface area contributed by atoms with E-state index in [2.05, 4.69) is 15.6 Å². The van der Waals surface area contributed by atoms with Crippen LogP contribution in [0.15, 0.2) is 54.0 Å². The standard InChI is InChI=1S/C21H18N4O2S/c26-20-14-4-1-5-15(19(14)16-6-2-10-25(16)20)23-21(27)24-18-12-13(8-9-22-18)17-7-3-11-28-17/h1,3-5,7-9,11-12,16H,2,6,10H2,(H2,22,23,24,27)/t16-/m0/s1. The number of fused-ring (bicyclic) bond motifs is 3. The predicted octanol–water partition coefficient (Wildman–Crippen LogP) is 4.74. The molecule has 5 rings (SSSR count). The van der Waals surface area contributed by atoms with Crippen LogP contribution in [0.1, 0.15) is 34.8 Å². The van der Waals surface area contributed by atoms with Crippen LogP contribution in [-0.4, -0.2) is 28.4 Å². The van der Waals surface area contributed by atoms with E-state index in [-0.39, 0.29) is 18.0 Å². The van der Waals surface area contributed by atoms with E-state index in [0.717, 1.165) is 35.4 Å². The third-order valence-electron chi connectivity index (χ3n) is 5.24. The number of carbonyl (C=O) groups is 2. The fraction of sp³-hybridized carbons (Fsp3) is 0.190. The summed E-state index contributed by atoms with van der Waals surface area (Å²) in [6, 6.07) is 13.0. The third kappa shape index (κ3) is 2.84. The van der Waals surface area contributed by atoms with Crippen molar-refractivity contribution in [1.82, 2.24) is 9.88 Å². The zero-order valence-corrected chi connectivity index (χ0v) is 15.8. The lowest BCUT2D eigenvalue weighted by Crippen LogP contribution is -2.23. The van der Waals surface area contributed by atoms with E-state index in [1.54, 1.807) is 17.5 Å². The molecular weight excluding hydrogens is 372 g/mol. The van der Waals surface area contributed by atoms with Gasteiger partial charge in [-0.15, -0.1) is 11.3 Å². The molecule has 1 atom stereocenters. The van der Waals surface area contributed by atoms with Crippen LogP contribution in [0.2, 0.25) is 0 Å². The Morgan fingerprint density at radius 1 is 1.18 bits per heavy atom. The number of hydrogen-bond donors (Lipinski definition) is 2. The minimum absolute atomic E-state index is 0.0619. The van der Waals surface area contributed by atoms with Gasteiger partial charge in [0.15, 0.2) is 0 Å². The molecular formula is C21H18N4O2S. The molecule has 2 aromatic heterocycles. The van der Waals surface area contributed by atoms with E-state index < -0.39 is 0 Å². The fourth-order valence-corrected chi connectivity index (χ4v) is 4.77. The van der Waals surface area contributed by atoms with Crippen molar-refractivity contribution in [3.8, 4) is 10.4 Å². The highest BCUT2D eigenvalue weighted by molar-refractivity contribution is 7.13. The van der Waals surface area contributed by atoms with Gasteiger partial charge in [0.05, 0.1) is 6.04 Å². The Balaban J connectivity index is 1.37. The monoisotopic (exact) mass is 390 g/mol. The number of anilines is 2. The van der Waals surface area contributed by atoms with Crippen LogP contribution in [0, 0.1) is 0 Å². The lowest BCUT2D eigenvalue weighted by Gasteiger charge is -2.17. The normalized spacial score (nSPS) is 17.4. The van der Waals surface area contributed by atoms with E-state index in [0.29, 0.717) is 17.1 Å². The van der Waals surface area contributed by atoms with Gasteiger partial charge < -0.3 is 10.2 Å². The minimum atomic E-state index is -0.367. The van der Waals surface area contributed by atoms with Crippen molar-refractivity contribution in [3.63, 3.8) is 0 Å². The Morgan fingerprint density at radius 3 is 2.96 bits per heavy atom. The Labute approximate surface area is 166 Å². The molecule has 6 nitrogen and oxygen atoms in total. The van der Waals surface area contributed by atoms with Crippen molar-refractivity contribution in [2.45, 2.75) is 18.9 Å². The molecule has 1 aromatic carbocycles. The second kappa shape index (κ2) is 6.76. The molecule has 2 N–H and O–H groups in total. The summed E-state index contributed by atoms with van der Waals surface area (Å²) in [5.41, 5.74) is 3.32. The van der Waals surface area contributed by atoms with Gasteiger partial charge in [-0.2, -0.15) is 0 Å². The predicted molar refractivity (Wildman–Crippen MR) is 110 cm³/mol. The Bertz CT molecular complexity index is 1060. The number of hydrogen-bond acceptors (Lipinski definition) is 4. The van der Waals surface area contributed by atoms with E-state index in [4.69, 9.17) is 0 Å². The average Bonchev–Trinajstić information content (AvgIpc) is 3.43. The highest BCUT2D eigenvalue weighted by Gasteiger charge is 2.41. The zero-order chi connectivity index (χ0) is 19.1. The smallest absolute Gasteiger partial charge is 0.324 e. The first-order valence-electron chi connectivity index (χ1n) is 9.22. The summed E-state index contributed by atoms with van der Waals surface area (Å²) in [6.07, 6.45) is 3.61. The Morgan fingerprint density at radius 2 is 2.11 bits per heavy atom. The van der Waals surface area contributed by atoms with E-state index in [1.807, 2.05) is 52.7 Å². The number of nitrogens with one attached hydrogen (secondary N) is 2. The molecule has 0 spiro atoms. The molecule has 7 heteroatoms. The summed E-state index contributed by atoms with van der Waals surface area (Å²) in [6.45, 7) is 0.781. The SMILES string of the molecule is O=C(Nc1cc(-c2cccs2)ccn1)Nc1cccc2c1[C@@H]1CCCN1C2=O. The molecule has 0 unspecified atom stereocenters. The second-order valence-electron chi connectivity index (χ2n) is 6.91. The van der Waals surface area contributed by atoms with Gasteiger partial charge >= 0.3 is 6.03 Å². The maximum Gasteiger partial charge on any atom is 0.324 e. The number of rotatable bonds is 3. The van der Waals surface area contributed by atoms with Crippen molar-refractivity contribution in [2.24, 2.45) is 0 Å². The molecule has 2 aliphatic rings. The van der Waals surface area contributed by atoms with Gasteiger partial charge in [0.25, 0.3) is 5.91 Å². The van der Waals surface area contributed by atoms with Crippen LogP contribution in [-0.2, 0) is 0 Å². The summed E-state index contributed by atoms with van der Waals surface area (Å²) >= 11 is 1.64. The van der Waals surface area contributed by atoms with Crippen LogP contribution < -0.4 is 10.6 Å². The number of urea groups is 1. The third-order valence-corrected chi connectivity index (χ3v) is 6.16. The molecule has 1 saturated heterocycles. The molecule has 0 bridgehead atoms. The molecule has 0 saturated carbocycles. The number of carbonyl (C=O) groups excluding carboxylic acids is 2. The van der Waals surface area contributed by atoms with Crippen LogP contribution in [0.25, 0.3) is 10.4 Å². The molecule has 3 aromatic rings. The molecule has 0 radical (unpaired) electrons. The van der Waals surface area contributed by atoms with Gasteiger partial charge in [-0.05, 0) is 54.1 Å². The Kier molecular flexibility index (Phi) is 4.09. The number of aromatic nitrogens is 1. The van der Waals surface area contributed by atoms with Crippen LogP contribution >= 0.6 is 11.3 Å². The van der Waals surface area contributed by atoms with Crippen molar-refractivity contribution in [3.05, 3.63) is 65.2 Å². The van der Waals surface area contributed by atoms with E-state index >= 15 is 0 Å². The number of benzene rings is 1. The molecule has 3 amide bonds. The molecule has 1 fully saturated rings. The quantitative estimate of drug-likeness (QED) is 0.678. The molecule has 4 heterocycles. The van der Waals surface area contributed by atoms with Gasteiger partial charge in [0.2, 0.25) is 0 Å². The summed E-state index contributed by atoms with van der Waals surface area (Å²) in [5, 5.41) is 7.72. The van der Waals surface area contributed by atoms with Gasteiger partial charge in [0.1, 0.15) is 5.82 Å². The second-order valence-corrected chi connectivity index (χ2v) is 7.86. The summed E-state index contributed by atoms with van der Waals surface area (Å²) in [4.78, 5) is 32.4. The lowest BCUT2D eigenvalue weighted by molar-refractivity contribution is 0.0776. The first-order valence-corrected chi connectivity index (χ1v) is 10.1. The fourth-order valence-electron chi connectivity index (χ4n) is 4.05. The van der Waals surface area contributed by atoms with Crippen molar-refractivity contribution in [1.29, 1.82) is 0 Å². The lowest BCUT2D eigenvalue weighted by atomic mass is 10.0. The highest BCUT2D eigenvalue weighted by atomic mass is 32.1. The topological polar surface area (TPSA) is 74.3 Å². The highest BCUT2D eigenvalue weighted by Crippen LogP contribution is 2.44. The number of nitrogens with zero attached hydrogens (tertiary/aromatic N) is 2. The van der Waals surface area contributed by atoms with Gasteiger partial charge in [-0.3, -0.25) is 10.1 Å².